The van der Waals surface area contributed by atoms with Crippen molar-refractivity contribution in [3.05, 3.63) is 25.7 Å². The van der Waals surface area contributed by atoms with E-state index in [-0.39, 0.29) is 5.96 Å². The number of thiazole rings is 1. The van der Waals surface area contributed by atoms with E-state index in [1.165, 1.54) is 11.3 Å². The van der Waals surface area contributed by atoms with E-state index in [4.69, 9.17) is 11.6 Å². The van der Waals surface area contributed by atoms with Gasteiger partial charge in [0.1, 0.15) is 5.10 Å². The number of hydrogen-bond donors (Lipinski definition) is 2. The Morgan fingerprint density at radius 3 is 2.95 bits per heavy atom. The van der Waals surface area contributed by atoms with E-state index in [1.54, 1.807) is 6.20 Å². The molecule has 1 fully saturated rings. The molecule has 0 saturated carbocycles. The highest BCUT2D eigenvalue weighted by atomic mass is 35.5. The van der Waals surface area contributed by atoms with Crippen molar-refractivity contribution in [3.8, 4) is 0 Å². The molecular formula is C9H13ClN6O2S. The third-order valence-electron chi connectivity index (χ3n) is 2.51. The number of rotatable bonds is 4. The average molecular weight is 305 g/mol. The number of guanidine groups is 1. The summed E-state index contributed by atoms with van der Waals surface area (Å²) in [6.07, 6.45) is 3.77. The third kappa shape index (κ3) is 4.62. The van der Waals surface area contributed by atoms with Gasteiger partial charge in [-0.3, -0.25) is 5.43 Å². The quantitative estimate of drug-likeness (QED) is 0.373. The molecule has 8 nitrogen and oxygen atoms in total. The molecule has 0 spiro atoms. The fourth-order valence-electron chi connectivity index (χ4n) is 1.69. The second-order valence-corrected chi connectivity index (χ2v) is 5.62. The molecule has 0 radical (unpaired) electrons. The first-order valence-electron chi connectivity index (χ1n) is 5.72. The standard InChI is InChI=1S/C9H13ClN6O2S/c10-8-11-5-7(19-8)6-12-9(14-16(17)18)13-15-3-1-2-4-15/h5H,1-4,6H2,(H2,12,13,14). The number of halogens is 1. The monoisotopic (exact) mass is 304 g/mol. The maximum atomic E-state index is 10.5. The molecule has 2 rings (SSSR count). The molecule has 0 aromatic carbocycles. The summed E-state index contributed by atoms with van der Waals surface area (Å²) in [6, 6.07) is 0. The van der Waals surface area contributed by atoms with E-state index in [0.717, 1.165) is 30.8 Å². The van der Waals surface area contributed by atoms with Gasteiger partial charge in [-0.1, -0.05) is 11.6 Å². The first-order chi connectivity index (χ1) is 9.13. The summed E-state index contributed by atoms with van der Waals surface area (Å²) in [5, 5.41) is 17.8. The van der Waals surface area contributed by atoms with Crippen molar-refractivity contribution in [3.63, 3.8) is 0 Å². The van der Waals surface area contributed by atoms with Crippen molar-refractivity contribution >= 4 is 28.9 Å². The van der Waals surface area contributed by atoms with Crippen LogP contribution in [0.1, 0.15) is 17.7 Å². The molecule has 1 aromatic heterocycles. The number of nitrogens with one attached hydrogen (secondary N) is 2. The Kier molecular flexibility index (Phi) is 4.88. The van der Waals surface area contributed by atoms with Crippen LogP contribution < -0.4 is 10.7 Å². The zero-order chi connectivity index (χ0) is 13.7. The lowest BCUT2D eigenvalue weighted by atomic mass is 10.4. The highest BCUT2D eigenvalue weighted by molar-refractivity contribution is 7.15. The van der Waals surface area contributed by atoms with Crippen molar-refractivity contribution in [2.45, 2.75) is 19.4 Å². The van der Waals surface area contributed by atoms with Gasteiger partial charge in [0.05, 0.1) is 6.54 Å². The van der Waals surface area contributed by atoms with Crippen LogP contribution in [-0.2, 0) is 6.54 Å². The zero-order valence-electron chi connectivity index (χ0n) is 10.0. The normalized spacial score (nSPS) is 16.6. The number of aromatic nitrogens is 1. The van der Waals surface area contributed by atoms with Gasteiger partial charge in [-0.15, -0.1) is 11.3 Å². The van der Waals surface area contributed by atoms with E-state index in [2.05, 4.69) is 20.8 Å². The number of hydrazine groups is 1. The Balaban J connectivity index is 1.91. The Morgan fingerprint density at radius 1 is 1.63 bits per heavy atom. The minimum absolute atomic E-state index is 0.122. The molecule has 104 valence electrons. The molecule has 1 aliphatic rings. The van der Waals surface area contributed by atoms with Crippen LogP contribution in [0.25, 0.3) is 0 Å². The summed E-state index contributed by atoms with van der Waals surface area (Å²) in [6.45, 7) is 2.09. The second kappa shape index (κ2) is 6.64. The Morgan fingerprint density at radius 2 is 2.37 bits per heavy atom. The molecule has 1 aromatic rings. The fraction of sp³-hybridized carbons (Fsp3) is 0.556. The van der Waals surface area contributed by atoms with Gasteiger partial charge in [0, 0.05) is 24.2 Å². The lowest BCUT2D eigenvalue weighted by Gasteiger charge is -2.17. The molecule has 1 aliphatic heterocycles. The lowest BCUT2D eigenvalue weighted by Crippen LogP contribution is -2.47. The SMILES string of the molecule is O=[N+]([O-])N=C(NCc1cnc(Cl)s1)NN1CCCC1. The van der Waals surface area contributed by atoms with Crippen LogP contribution in [0.15, 0.2) is 11.3 Å². The zero-order valence-corrected chi connectivity index (χ0v) is 11.6. The highest BCUT2D eigenvalue weighted by Crippen LogP contribution is 2.17. The summed E-state index contributed by atoms with van der Waals surface area (Å²) in [4.78, 5) is 15.3. The molecule has 0 amide bonds. The molecule has 10 heteroatoms. The first kappa shape index (κ1) is 14.0. The summed E-state index contributed by atoms with van der Waals surface area (Å²) in [5.74, 6) is 0.122. The van der Waals surface area contributed by atoms with Gasteiger partial charge >= 0.3 is 0 Å². The maximum Gasteiger partial charge on any atom is 0.283 e. The van der Waals surface area contributed by atoms with Crippen LogP contribution in [0.4, 0.5) is 0 Å². The van der Waals surface area contributed by atoms with Crippen LogP contribution in [0.5, 0.6) is 0 Å². The van der Waals surface area contributed by atoms with Crippen LogP contribution in [-0.4, -0.2) is 34.1 Å². The molecule has 0 aliphatic carbocycles. The molecule has 19 heavy (non-hydrogen) atoms. The molecule has 0 unspecified atom stereocenters. The Labute approximate surface area is 118 Å². The van der Waals surface area contributed by atoms with Crippen LogP contribution in [0, 0.1) is 10.1 Å². The molecular weight excluding hydrogens is 292 g/mol. The van der Waals surface area contributed by atoms with Crippen LogP contribution in [0.3, 0.4) is 0 Å². The maximum absolute atomic E-state index is 10.5. The lowest BCUT2D eigenvalue weighted by molar-refractivity contribution is -0.485. The largest absolute Gasteiger partial charge is 0.345 e. The molecule has 0 bridgehead atoms. The minimum Gasteiger partial charge on any atom is -0.345 e. The van der Waals surface area contributed by atoms with Gasteiger partial charge in [0.2, 0.25) is 0 Å². The van der Waals surface area contributed by atoms with Crippen molar-refractivity contribution in [2.24, 2.45) is 5.10 Å². The van der Waals surface area contributed by atoms with Gasteiger partial charge in [-0.05, 0) is 12.8 Å². The minimum atomic E-state index is -0.731. The van der Waals surface area contributed by atoms with Gasteiger partial charge < -0.3 is 5.32 Å². The molecule has 2 heterocycles. The number of hydrogen-bond acceptors (Lipinski definition) is 5. The van der Waals surface area contributed by atoms with Crippen molar-refractivity contribution < 1.29 is 5.03 Å². The topological polar surface area (TPSA) is 95.7 Å². The van der Waals surface area contributed by atoms with E-state index in [9.17, 15) is 10.1 Å². The van der Waals surface area contributed by atoms with E-state index in [1.807, 2.05) is 5.01 Å². The Hall–Kier alpha value is -1.45. The van der Waals surface area contributed by atoms with Crippen molar-refractivity contribution in [1.82, 2.24) is 20.7 Å². The molecule has 0 atom stereocenters. The Bertz CT molecular complexity index is 473. The second-order valence-electron chi connectivity index (χ2n) is 3.93. The first-order valence-corrected chi connectivity index (χ1v) is 6.91. The molecule has 1 saturated heterocycles. The van der Waals surface area contributed by atoms with Crippen LogP contribution >= 0.6 is 22.9 Å². The predicted molar refractivity (Wildman–Crippen MR) is 72.3 cm³/mol. The average Bonchev–Trinajstić information content (AvgIpc) is 2.97. The van der Waals surface area contributed by atoms with E-state index in [0.29, 0.717) is 11.0 Å². The van der Waals surface area contributed by atoms with Gasteiger partial charge in [0.25, 0.3) is 5.96 Å². The smallest absolute Gasteiger partial charge is 0.283 e. The van der Waals surface area contributed by atoms with Gasteiger partial charge in [-0.25, -0.2) is 20.1 Å². The van der Waals surface area contributed by atoms with E-state index < -0.39 is 5.03 Å². The summed E-state index contributed by atoms with van der Waals surface area (Å²) in [5.41, 5.74) is 2.91. The summed E-state index contributed by atoms with van der Waals surface area (Å²) < 4.78 is 0.442. The third-order valence-corrected chi connectivity index (χ3v) is 3.62. The fourth-order valence-corrected chi connectivity index (χ4v) is 2.61. The van der Waals surface area contributed by atoms with E-state index >= 15 is 0 Å². The highest BCUT2D eigenvalue weighted by Gasteiger charge is 2.15. The van der Waals surface area contributed by atoms with Crippen molar-refractivity contribution in [2.75, 3.05) is 13.1 Å². The van der Waals surface area contributed by atoms with Crippen molar-refractivity contribution in [1.29, 1.82) is 0 Å². The number of nitrogens with zero attached hydrogens (tertiary/aromatic N) is 4. The van der Waals surface area contributed by atoms with Crippen LogP contribution in [0.2, 0.25) is 4.47 Å². The number of hydrazone groups is 1. The number of nitro groups is 1. The van der Waals surface area contributed by atoms with Gasteiger partial charge in [0.15, 0.2) is 9.50 Å². The summed E-state index contributed by atoms with van der Waals surface area (Å²) in [7, 11) is 0. The summed E-state index contributed by atoms with van der Waals surface area (Å²) >= 11 is 7.03. The molecule has 2 N–H and O–H groups in total. The van der Waals surface area contributed by atoms with Gasteiger partial charge in [-0.2, -0.15) is 0 Å². The predicted octanol–water partition coefficient (Wildman–Crippen LogP) is 1.03.